The van der Waals surface area contributed by atoms with Gasteiger partial charge in [-0.15, -0.1) is 0 Å². The van der Waals surface area contributed by atoms with Crippen molar-refractivity contribution in [2.75, 3.05) is 34.4 Å². The highest BCUT2D eigenvalue weighted by Crippen LogP contribution is 2.16. The van der Waals surface area contributed by atoms with Gasteiger partial charge >= 0.3 is 0 Å². The van der Waals surface area contributed by atoms with E-state index in [0.717, 1.165) is 24.0 Å². The van der Waals surface area contributed by atoms with Crippen LogP contribution in [0.3, 0.4) is 0 Å². The van der Waals surface area contributed by atoms with Crippen LogP contribution in [0.15, 0.2) is 47.6 Å². The summed E-state index contributed by atoms with van der Waals surface area (Å²) >= 11 is 0. The maximum Gasteiger partial charge on any atom is 0.193 e. The standard InChI is InChI=1S/C18H26N4O2/c1-19-18(22(3)14-15-6-5-12-21(15)2)20-11-13-24-17-9-7-16(23-4)8-10-17/h5-10,12H,11,13-14H2,1-4H3,(H,19,20). The Balaban J connectivity index is 1.75. The smallest absolute Gasteiger partial charge is 0.193 e. The van der Waals surface area contributed by atoms with Crippen molar-refractivity contribution in [3.63, 3.8) is 0 Å². The second-order valence-electron chi connectivity index (χ2n) is 5.46. The van der Waals surface area contributed by atoms with E-state index < -0.39 is 0 Å². The van der Waals surface area contributed by atoms with Crippen LogP contribution in [0.1, 0.15) is 5.69 Å². The number of ether oxygens (including phenoxy) is 2. The summed E-state index contributed by atoms with van der Waals surface area (Å²) in [6.45, 7) is 2.03. The van der Waals surface area contributed by atoms with E-state index in [9.17, 15) is 0 Å². The fourth-order valence-electron chi connectivity index (χ4n) is 2.37. The Morgan fingerprint density at radius 1 is 1.21 bits per heavy atom. The van der Waals surface area contributed by atoms with Gasteiger partial charge in [0.1, 0.15) is 18.1 Å². The summed E-state index contributed by atoms with van der Waals surface area (Å²) in [5.41, 5.74) is 1.23. The molecule has 0 radical (unpaired) electrons. The zero-order valence-electron chi connectivity index (χ0n) is 14.8. The Hall–Kier alpha value is -2.63. The molecule has 6 nitrogen and oxygen atoms in total. The quantitative estimate of drug-likeness (QED) is 0.480. The Morgan fingerprint density at radius 3 is 2.50 bits per heavy atom. The second-order valence-corrected chi connectivity index (χ2v) is 5.46. The first-order valence-electron chi connectivity index (χ1n) is 7.93. The molecule has 0 aliphatic heterocycles. The third-order valence-electron chi connectivity index (χ3n) is 3.74. The molecule has 2 rings (SSSR count). The first kappa shape index (κ1) is 17.7. The molecule has 0 saturated heterocycles. The van der Waals surface area contributed by atoms with Gasteiger partial charge < -0.3 is 24.3 Å². The molecule has 0 spiro atoms. The van der Waals surface area contributed by atoms with Crippen LogP contribution in [0.4, 0.5) is 0 Å². The van der Waals surface area contributed by atoms with Crippen molar-refractivity contribution in [2.45, 2.75) is 6.54 Å². The maximum atomic E-state index is 5.71. The molecule has 0 atom stereocenters. The van der Waals surface area contributed by atoms with Crippen LogP contribution >= 0.6 is 0 Å². The Morgan fingerprint density at radius 2 is 1.92 bits per heavy atom. The van der Waals surface area contributed by atoms with Gasteiger partial charge in [0.15, 0.2) is 5.96 Å². The highest BCUT2D eigenvalue weighted by molar-refractivity contribution is 5.79. The van der Waals surface area contributed by atoms with E-state index in [1.54, 1.807) is 14.2 Å². The topological polar surface area (TPSA) is 51.0 Å². The number of rotatable bonds is 7. The lowest BCUT2D eigenvalue weighted by Crippen LogP contribution is -2.40. The number of hydrogen-bond donors (Lipinski definition) is 1. The monoisotopic (exact) mass is 330 g/mol. The van der Waals surface area contributed by atoms with Crippen LogP contribution in [0.25, 0.3) is 0 Å². The normalized spacial score (nSPS) is 11.2. The molecule has 1 N–H and O–H groups in total. The van der Waals surface area contributed by atoms with Crippen molar-refractivity contribution in [3.05, 3.63) is 48.3 Å². The largest absolute Gasteiger partial charge is 0.497 e. The molecule has 0 bridgehead atoms. The van der Waals surface area contributed by atoms with Crippen LogP contribution < -0.4 is 14.8 Å². The van der Waals surface area contributed by atoms with E-state index >= 15 is 0 Å². The van der Waals surface area contributed by atoms with E-state index in [0.29, 0.717) is 13.2 Å². The molecule has 6 heteroatoms. The molecule has 130 valence electrons. The molecule has 1 aromatic carbocycles. The predicted molar refractivity (Wildman–Crippen MR) is 96.7 cm³/mol. The zero-order valence-corrected chi connectivity index (χ0v) is 14.8. The van der Waals surface area contributed by atoms with E-state index in [1.165, 1.54) is 5.69 Å². The number of benzene rings is 1. The van der Waals surface area contributed by atoms with Gasteiger partial charge in [0.25, 0.3) is 0 Å². The molecule has 0 aliphatic rings. The minimum absolute atomic E-state index is 0.559. The van der Waals surface area contributed by atoms with Crippen LogP contribution in [0, 0.1) is 0 Å². The highest BCUT2D eigenvalue weighted by atomic mass is 16.5. The molecule has 2 aromatic rings. The number of nitrogens with one attached hydrogen (secondary N) is 1. The lowest BCUT2D eigenvalue weighted by Gasteiger charge is -2.22. The number of methoxy groups -OCH3 is 1. The average Bonchev–Trinajstić information content (AvgIpc) is 3.00. The van der Waals surface area contributed by atoms with Crippen molar-refractivity contribution in [2.24, 2.45) is 12.0 Å². The van der Waals surface area contributed by atoms with Crippen LogP contribution in [-0.2, 0) is 13.6 Å². The number of aromatic nitrogens is 1. The van der Waals surface area contributed by atoms with Gasteiger partial charge in [-0.25, -0.2) is 0 Å². The van der Waals surface area contributed by atoms with Gasteiger partial charge in [-0.2, -0.15) is 0 Å². The SMILES string of the molecule is CN=C(NCCOc1ccc(OC)cc1)N(C)Cc1cccn1C. The van der Waals surface area contributed by atoms with E-state index in [2.05, 4.69) is 25.8 Å². The number of nitrogens with zero attached hydrogens (tertiary/aromatic N) is 3. The first-order chi connectivity index (χ1) is 11.6. The molecule has 1 heterocycles. The summed E-state index contributed by atoms with van der Waals surface area (Å²) in [4.78, 5) is 6.40. The van der Waals surface area contributed by atoms with Gasteiger partial charge in [-0.3, -0.25) is 4.99 Å². The molecular formula is C18H26N4O2. The second kappa shape index (κ2) is 8.86. The zero-order chi connectivity index (χ0) is 17.4. The molecular weight excluding hydrogens is 304 g/mol. The van der Waals surface area contributed by atoms with E-state index in [-0.39, 0.29) is 0 Å². The van der Waals surface area contributed by atoms with Gasteiger partial charge in [0, 0.05) is 33.0 Å². The van der Waals surface area contributed by atoms with Crippen molar-refractivity contribution in [1.29, 1.82) is 0 Å². The Kier molecular flexibility index (Phi) is 6.54. The van der Waals surface area contributed by atoms with E-state index in [1.807, 2.05) is 50.6 Å². The van der Waals surface area contributed by atoms with Gasteiger partial charge in [-0.1, -0.05) is 0 Å². The number of aliphatic imine (C=N–C) groups is 1. The summed E-state index contributed by atoms with van der Waals surface area (Å²) in [5.74, 6) is 2.49. The third-order valence-corrected chi connectivity index (χ3v) is 3.74. The molecule has 0 aliphatic carbocycles. The molecule has 0 fully saturated rings. The van der Waals surface area contributed by atoms with Crippen molar-refractivity contribution < 1.29 is 9.47 Å². The summed E-state index contributed by atoms with van der Waals surface area (Å²) in [6, 6.07) is 11.7. The summed E-state index contributed by atoms with van der Waals surface area (Å²) in [7, 11) is 7.50. The highest BCUT2D eigenvalue weighted by Gasteiger charge is 2.08. The molecule has 0 amide bonds. The lowest BCUT2D eigenvalue weighted by atomic mass is 10.3. The Bertz CT molecular complexity index is 649. The fraction of sp³-hybridized carbons (Fsp3) is 0.389. The Labute approximate surface area is 143 Å². The van der Waals surface area contributed by atoms with Crippen LogP contribution in [-0.4, -0.2) is 49.8 Å². The maximum absolute atomic E-state index is 5.71. The van der Waals surface area contributed by atoms with Crippen molar-refractivity contribution >= 4 is 5.96 Å². The number of aryl methyl sites for hydroxylation is 1. The predicted octanol–water partition coefficient (Wildman–Crippen LogP) is 2.12. The summed E-state index contributed by atoms with van der Waals surface area (Å²) in [6.07, 6.45) is 2.04. The number of hydrogen-bond acceptors (Lipinski definition) is 3. The minimum atomic E-state index is 0.559. The average molecular weight is 330 g/mol. The summed E-state index contributed by atoms with van der Waals surface area (Å²) in [5, 5.41) is 3.31. The van der Waals surface area contributed by atoms with E-state index in [4.69, 9.17) is 9.47 Å². The third kappa shape index (κ3) is 4.94. The minimum Gasteiger partial charge on any atom is -0.497 e. The molecule has 0 saturated carbocycles. The van der Waals surface area contributed by atoms with Crippen molar-refractivity contribution in [1.82, 2.24) is 14.8 Å². The molecule has 24 heavy (non-hydrogen) atoms. The summed E-state index contributed by atoms with van der Waals surface area (Å²) < 4.78 is 12.9. The van der Waals surface area contributed by atoms with Crippen LogP contribution in [0.2, 0.25) is 0 Å². The fourth-order valence-corrected chi connectivity index (χ4v) is 2.37. The molecule has 0 unspecified atom stereocenters. The molecule has 1 aromatic heterocycles. The van der Waals surface area contributed by atoms with Gasteiger partial charge in [-0.05, 0) is 36.4 Å². The van der Waals surface area contributed by atoms with Gasteiger partial charge in [0.05, 0.1) is 20.2 Å². The van der Waals surface area contributed by atoms with Crippen LogP contribution in [0.5, 0.6) is 11.5 Å². The number of guanidine groups is 1. The lowest BCUT2D eigenvalue weighted by molar-refractivity contribution is 0.318. The van der Waals surface area contributed by atoms with Crippen molar-refractivity contribution in [3.8, 4) is 11.5 Å². The first-order valence-corrected chi connectivity index (χ1v) is 7.93. The van der Waals surface area contributed by atoms with Gasteiger partial charge in [0.2, 0.25) is 0 Å².